The van der Waals surface area contributed by atoms with Crippen LogP contribution >= 0.6 is 0 Å². The van der Waals surface area contributed by atoms with Gasteiger partial charge in [-0.25, -0.2) is 4.39 Å². The van der Waals surface area contributed by atoms with Crippen LogP contribution in [-0.2, 0) is 13.5 Å². The summed E-state index contributed by atoms with van der Waals surface area (Å²) in [6, 6.07) is 5.79. The Morgan fingerprint density at radius 3 is 2.37 bits per heavy atom. The number of aromatic nitrogens is 2. The van der Waals surface area contributed by atoms with Crippen molar-refractivity contribution in [1.82, 2.24) is 9.78 Å². The number of halogens is 1. The highest BCUT2D eigenvalue weighted by molar-refractivity contribution is 5.36. The second-order valence-corrected chi connectivity index (χ2v) is 5.54. The molecule has 0 radical (unpaired) electrons. The molecule has 0 aliphatic carbocycles. The first-order valence-corrected chi connectivity index (χ1v) is 6.67. The number of hydrogen-bond donors (Lipinski definition) is 0. The molecule has 0 atom stereocenters. The van der Waals surface area contributed by atoms with Gasteiger partial charge in [-0.05, 0) is 48.6 Å². The molecular weight excluding hydrogens is 239 g/mol. The fourth-order valence-corrected chi connectivity index (χ4v) is 2.70. The van der Waals surface area contributed by atoms with Gasteiger partial charge in [-0.15, -0.1) is 0 Å². The summed E-state index contributed by atoms with van der Waals surface area (Å²) in [5.74, 6) is 0.122. The third-order valence-electron chi connectivity index (χ3n) is 3.46. The highest BCUT2D eigenvalue weighted by atomic mass is 19.1. The van der Waals surface area contributed by atoms with E-state index in [9.17, 15) is 4.39 Å². The van der Waals surface area contributed by atoms with Crippen LogP contribution < -0.4 is 0 Å². The highest BCUT2D eigenvalue weighted by Gasteiger charge is 2.12. The van der Waals surface area contributed by atoms with Crippen LogP contribution in [0.25, 0.3) is 0 Å². The lowest BCUT2D eigenvalue weighted by molar-refractivity contribution is 0.593. The van der Waals surface area contributed by atoms with Gasteiger partial charge >= 0.3 is 0 Å². The first kappa shape index (κ1) is 13.8. The van der Waals surface area contributed by atoms with Crippen LogP contribution in [0.15, 0.2) is 18.2 Å². The molecule has 0 saturated heterocycles. The topological polar surface area (TPSA) is 17.8 Å². The van der Waals surface area contributed by atoms with Crippen LogP contribution in [0.4, 0.5) is 4.39 Å². The molecule has 2 aromatic rings. The summed E-state index contributed by atoms with van der Waals surface area (Å²) in [4.78, 5) is 0. The standard InChI is InChI=1S/C16H21FN2/c1-10(2)16-11(3)6-13(9-15(16)17)8-14-7-12(4)18-19(14)5/h6-7,9-10H,8H2,1-5H3. The molecule has 3 heteroatoms. The van der Waals surface area contributed by atoms with E-state index < -0.39 is 0 Å². The monoisotopic (exact) mass is 260 g/mol. The maximum absolute atomic E-state index is 14.1. The van der Waals surface area contributed by atoms with E-state index >= 15 is 0 Å². The van der Waals surface area contributed by atoms with Crippen LogP contribution in [0.1, 0.15) is 47.8 Å². The number of nitrogens with zero attached hydrogens (tertiary/aromatic N) is 2. The van der Waals surface area contributed by atoms with E-state index in [0.717, 1.165) is 28.1 Å². The zero-order valence-corrected chi connectivity index (χ0v) is 12.3. The Bertz CT molecular complexity index is 574. The molecule has 0 aliphatic heterocycles. The van der Waals surface area contributed by atoms with Gasteiger partial charge in [-0.1, -0.05) is 19.9 Å². The molecule has 0 fully saturated rings. The summed E-state index contributed by atoms with van der Waals surface area (Å²) >= 11 is 0. The van der Waals surface area contributed by atoms with Crippen molar-refractivity contribution < 1.29 is 4.39 Å². The molecule has 2 nitrogen and oxygen atoms in total. The van der Waals surface area contributed by atoms with E-state index in [0.29, 0.717) is 6.42 Å². The van der Waals surface area contributed by atoms with Gasteiger partial charge in [0.2, 0.25) is 0 Å². The Hall–Kier alpha value is -1.64. The zero-order chi connectivity index (χ0) is 14.2. The molecule has 19 heavy (non-hydrogen) atoms. The fraction of sp³-hybridized carbons (Fsp3) is 0.438. The molecule has 0 N–H and O–H groups in total. The minimum atomic E-state index is -0.0936. The summed E-state index contributed by atoms with van der Waals surface area (Å²) < 4.78 is 16.0. The molecule has 0 bridgehead atoms. The quantitative estimate of drug-likeness (QED) is 0.818. The lowest BCUT2D eigenvalue weighted by Crippen LogP contribution is -2.03. The predicted molar refractivity (Wildman–Crippen MR) is 76.0 cm³/mol. The Morgan fingerprint density at radius 2 is 1.89 bits per heavy atom. The van der Waals surface area contributed by atoms with Crippen molar-refractivity contribution in [3.8, 4) is 0 Å². The fourth-order valence-electron chi connectivity index (χ4n) is 2.70. The molecule has 0 spiro atoms. The van der Waals surface area contributed by atoms with Crippen LogP contribution in [0.2, 0.25) is 0 Å². The largest absolute Gasteiger partial charge is 0.272 e. The number of aryl methyl sites for hydroxylation is 3. The molecule has 0 amide bonds. The Balaban J connectivity index is 2.35. The third-order valence-corrected chi connectivity index (χ3v) is 3.46. The van der Waals surface area contributed by atoms with Gasteiger partial charge in [0, 0.05) is 19.2 Å². The van der Waals surface area contributed by atoms with Crippen molar-refractivity contribution in [2.45, 2.75) is 40.0 Å². The lowest BCUT2D eigenvalue weighted by Gasteiger charge is -2.13. The van der Waals surface area contributed by atoms with Crippen LogP contribution in [0.3, 0.4) is 0 Å². The highest BCUT2D eigenvalue weighted by Crippen LogP contribution is 2.25. The minimum Gasteiger partial charge on any atom is -0.272 e. The molecule has 1 aromatic heterocycles. The van der Waals surface area contributed by atoms with Crippen molar-refractivity contribution >= 4 is 0 Å². The van der Waals surface area contributed by atoms with Crippen LogP contribution in [0.5, 0.6) is 0 Å². The molecule has 0 aliphatic rings. The van der Waals surface area contributed by atoms with Crippen molar-refractivity contribution in [2.24, 2.45) is 7.05 Å². The van der Waals surface area contributed by atoms with E-state index in [1.807, 2.05) is 45.5 Å². The second-order valence-electron chi connectivity index (χ2n) is 5.54. The Morgan fingerprint density at radius 1 is 1.21 bits per heavy atom. The van der Waals surface area contributed by atoms with Gasteiger partial charge in [0.15, 0.2) is 0 Å². The minimum absolute atomic E-state index is 0.0936. The van der Waals surface area contributed by atoms with E-state index in [1.54, 1.807) is 6.07 Å². The summed E-state index contributed by atoms with van der Waals surface area (Å²) in [6.07, 6.45) is 0.716. The van der Waals surface area contributed by atoms with Crippen molar-refractivity contribution in [2.75, 3.05) is 0 Å². The summed E-state index contributed by atoms with van der Waals surface area (Å²) in [5, 5.41) is 4.32. The van der Waals surface area contributed by atoms with Crippen molar-refractivity contribution in [1.29, 1.82) is 0 Å². The molecule has 1 aromatic carbocycles. The van der Waals surface area contributed by atoms with Crippen molar-refractivity contribution in [3.63, 3.8) is 0 Å². The summed E-state index contributed by atoms with van der Waals surface area (Å²) in [6.45, 7) is 8.00. The van der Waals surface area contributed by atoms with Gasteiger partial charge in [-0.2, -0.15) is 5.10 Å². The van der Waals surface area contributed by atoms with E-state index in [2.05, 4.69) is 11.2 Å². The molecule has 1 heterocycles. The first-order valence-electron chi connectivity index (χ1n) is 6.67. The van der Waals surface area contributed by atoms with Gasteiger partial charge in [-0.3, -0.25) is 4.68 Å². The second kappa shape index (κ2) is 5.16. The molecule has 0 saturated carbocycles. The molecule has 102 valence electrons. The van der Waals surface area contributed by atoms with E-state index in [1.165, 1.54) is 0 Å². The van der Waals surface area contributed by atoms with Gasteiger partial charge < -0.3 is 0 Å². The Labute approximate surface area is 114 Å². The SMILES string of the molecule is Cc1cc(Cc2cc(C)c(C(C)C)c(F)c2)n(C)n1. The third kappa shape index (κ3) is 2.86. The Kier molecular flexibility index (Phi) is 3.74. The van der Waals surface area contributed by atoms with E-state index in [-0.39, 0.29) is 11.7 Å². The molecule has 0 unspecified atom stereocenters. The summed E-state index contributed by atoms with van der Waals surface area (Å²) in [7, 11) is 1.92. The van der Waals surface area contributed by atoms with E-state index in [4.69, 9.17) is 0 Å². The predicted octanol–water partition coefficient (Wildman–Crippen LogP) is 3.89. The number of hydrogen-bond acceptors (Lipinski definition) is 1. The average molecular weight is 260 g/mol. The van der Waals surface area contributed by atoms with Crippen molar-refractivity contribution in [3.05, 3.63) is 52.1 Å². The van der Waals surface area contributed by atoms with Gasteiger partial charge in [0.25, 0.3) is 0 Å². The van der Waals surface area contributed by atoms with Crippen LogP contribution in [0, 0.1) is 19.7 Å². The molecular formula is C16H21FN2. The van der Waals surface area contributed by atoms with Gasteiger partial charge in [0.05, 0.1) is 5.69 Å². The number of rotatable bonds is 3. The first-order chi connectivity index (χ1) is 8.88. The maximum atomic E-state index is 14.1. The summed E-state index contributed by atoms with van der Waals surface area (Å²) in [5.41, 5.74) is 4.96. The zero-order valence-electron chi connectivity index (χ0n) is 12.3. The maximum Gasteiger partial charge on any atom is 0.127 e. The normalized spacial score (nSPS) is 11.3. The van der Waals surface area contributed by atoms with Crippen LogP contribution in [-0.4, -0.2) is 9.78 Å². The number of benzene rings is 1. The average Bonchev–Trinajstić information content (AvgIpc) is 2.55. The lowest BCUT2D eigenvalue weighted by atomic mass is 9.94. The van der Waals surface area contributed by atoms with Gasteiger partial charge in [0.1, 0.15) is 5.82 Å². The molecule has 2 rings (SSSR count). The smallest absolute Gasteiger partial charge is 0.127 e.